The number of aryl methyl sites for hydroxylation is 1. The summed E-state index contributed by atoms with van der Waals surface area (Å²) in [6.45, 7) is 2.44. The van der Waals surface area contributed by atoms with Gasteiger partial charge in [-0.1, -0.05) is 12.8 Å². The predicted octanol–water partition coefficient (Wildman–Crippen LogP) is 1.39. The van der Waals surface area contributed by atoms with Crippen molar-refractivity contribution in [3.8, 4) is 0 Å². The summed E-state index contributed by atoms with van der Waals surface area (Å²) in [6, 6.07) is 0.137. The quantitative estimate of drug-likeness (QED) is 0.675. The molecule has 28 heavy (non-hydrogen) atoms. The summed E-state index contributed by atoms with van der Waals surface area (Å²) in [4.78, 5) is 37.2. The van der Waals surface area contributed by atoms with E-state index in [0.29, 0.717) is 25.1 Å². The van der Waals surface area contributed by atoms with Crippen molar-refractivity contribution < 1.29 is 24.2 Å². The first-order valence-electron chi connectivity index (χ1n) is 10.1. The van der Waals surface area contributed by atoms with Gasteiger partial charge in [-0.25, -0.2) is 0 Å². The molecule has 2 amide bonds. The van der Waals surface area contributed by atoms with Crippen LogP contribution >= 0.6 is 0 Å². The van der Waals surface area contributed by atoms with Gasteiger partial charge in [0.25, 0.3) is 5.91 Å². The fraction of sp³-hybridized carbons (Fsp3) is 0.684. The first kappa shape index (κ1) is 18.9. The molecule has 1 aromatic heterocycles. The van der Waals surface area contributed by atoms with Crippen molar-refractivity contribution in [1.29, 1.82) is 0 Å². The highest BCUT2D eigenvalue weighted by Gasteiger charge is 2.55. The Morgan fingerprint density at radius 2 is 1.86 bits per heavy atom. The van der Waals surface area contributed by atoms with E-state index < -0.39 is 29.8 Å². The van der Waals surface area contributed by atoms with Crippen LogP contribution in [0.4, 0.5) is 5.69 Å². The number of carbonyl (C=O) groups excluding carboxylic acids is 2. The molecule has 3 fully saturated rings. The molecule has 4 atom stereocenters. The van der Waals surface area contributed by atoms with Crippen LogP contribution in [0.25, 0.3) is 0 Å². The molecule has 2 saturated heterocycles. The maximum absolute atomic E-state index is 12.9. The second kappa shape index (κ2) is 7.54. The van der Waals surface area contributed by atoms with Crippen LogP contribution in [0.1, 0.15) is 55.9 Å². The highest BCUT2D eigenvalue weighted by molar-refractivity contribution is 6.03. The predicted molar refractivity (Wildman–Crippen MR) is 98.8 cm³/mol. The van der Waals surface area contributed by atoms with Crippen LogP contribution in [0.15, 0.2) is 6.20 Å². The van der Waals surface area contributed by atoms with Gasteiger partial charge in [0.05, 0.1) is 29.7 Å². The number of hydrogen-bond donors (Lipinski definition) is 3. The van der Waals surface area contributed by atoms with E-state index >= 15 is 0 Å². The maximum Gasteiger partial charge on any atom is 0.310 e. The van der Waals surface area contributed by atoms with Gasteiger partial charge >= 0.3 is 5.97 Å². The second-order valence-electron chi connectivity index (χ2n) is 7.87. The Balaban J connectivity index is 1.52. The van der Waals surface area contributed by atoms with Gasteiger partial charge in [-0.15, -0.1) is 0 Å². The number of aromatic nitrogens is 2. The van der Waals surface area contributed by atoms with Crippen LogP contribution in [-0.4, -0.2) is 50.9 Å². The third-order valence-corrected chi connectivity index (χ3v) is 6.11. The Bertz CT molecular complexity index is 785. The molecule has 3 aliphatic rings. The van der Waals surface area contributed by atoms with Gasteiger partial charge in [0.15, 0.2) is 5.69 Å². The number of fused-ring (bicyclic) bond motifs is 2. The van der Waals surface area contributed by atoms with Gasteiger partial charge in [-0.2, -0.15) is 5.10 Å². The molecule has 2 bridgehead atoms. The first-order chi connectivity index (χ1) is 13.5. The fourth-order valence-corrected chi connectivity index (χ4v) is 4.71. The molecule has 0 unspecified atom stereocenters. The van der Waals surface area contributed by atoms with Crippen molar-refractivity contribution in [2.45, 2.75) is 70.2 Å². The minimum Gasteiger partial charge on any atom is -0.481 e. The zero-order chi connectivity index (χ0) is 19.8. The smallest absolute Gasteiger partial charge is 0.310 e. The molecule has 1 aromatic rings. The number of amides is 2. The van der Waals surface area contributed by atoms with Gasteiger partial charge in [0.1, 0.15) is 0 Å². The lowest BCUT2D eigenvalue weighted by atomic mass is 9.78. The second-order valence-corrected chi connectivity index (χ2v) is 7.87. The first-order valence-corrected chi connectivity index (χ1v) is 10.1. The number of nitrogens with one attached hydrogen (secondary N) is 2. The number of carbonyl (C=O) groups is 3. The number of carboxylic acids is 1. The van der Waals surface area contributed by atoms with Crippen molar-refractivity contribution in [3.63, 3.8) is 0 Å². The Hall–Kier alpha value is -2.42. The van der Waals surface area contributed by atoms with Crippen LogP contribution in [0.3, 0.4) is 0 Å². The summed E-state index contributed by atoms with van der Waals surface area (Å²) < 4.78 is 7.26. The third-order valence-electron chi connectivity index (χ3n) is 6.11. The Morgan fingerprint density at radius 3 is 2.50 bits per heavy atom. The summed E-state index contributed by atoms with van der Waals surface area (Å²) >= 11 is 0. The monoisotopic (exact) mass is 390 g/mol. The van der Waals surface area contributed by atoms with Crippen LogP contribution < -0.4 is 10.6 Å². The standard InChI is InChI=1S/C19H26N4O5/c1-2-23-9-11(16(22-23)18(25)20-10-5-3-4-6-10)21-17(24)14-12-7-8-13(28-12)15(14)19(26)27/h9-10,12-15H,2-8H2,1H3,(H,20,25)(H,21,24)(H,26,27)/t12-,13-,14-,15-/m1/s1. The van der Waals surface area contributed by atoms with Crippen molar-refractivity contribution in [2.24, 2.45) is 11.8 Å². The molecule has 1 saturated carbocycles. The summed E-state index contributed by atoms with van der Waals surface area (Å²) in [5.41, 5.74) is 0.479. The molecule has 152 valence electrons. The van der Waals surface area contributed by atoms with E-state index in [1.54, 1.807) is 10.9 Å². The average Bonchev–Trinajstić information content (AvgIpc) is 3.44. The molecule has 2 aliphatic heterocycles. The number of rotatable bonds is 6. The molecule has 3 N–H and O–H groups in total. The number of anilines is 1. The summed E-state index contributed by atoms with van der Waals surface area (Å²) in [5, 5.41) is 19.6. The summed E-state index contributed by atoms with van der Waals surface area (Å²) in [7, 11) is 0. The zero-order valence-electron chi connectivity index (χ0n) is 15.9. The van der Waals surface area contributed by atoms with Crippen molar-refractivity contribution in [1.82, 2.24) is 15.1 Å². The van der Waals surface area contributed by atoms with Gasteiger partial charge in [-0.05, 0) is 32.6 Å². The highest BCUT2D eigenvalue weighted by atomic mass is 16.5. The van der Waals surface area contributed by atoms with Crippen molar-refractivity contribution in [3.05, 3.63) is 11.9 Å². The Morgan fingerprint density at radius 1 is 1.18 bits per heavy atom. The number of carboxylic acid groups (broad SMARTS) is 1. The van der Waals surface area contributed by atoms with E-state index in [-0.39, 0.29) is 23.7 Å². The lowest BCUT2D eigenvalue weighted by Gasteiger charge is -2.23. The molecular weight excluding hydrogens is 364 g/mol. The normalized spacial score (nSPS) is 29.2. The topological polar surface area (TPSA) is 123 Å². The lowest BCUT2D eigenvalue weighted by Crippen LogP contribution is -2.41. The van der Waals surface area contributed by atoms with Gasteiger partial charge < -0.3 is 20.5 Å². The van der Waals surface area contributed by atoms with Gasteiger partial charge in [0.2, 0.25) is 5.91 Å². The minimum atomic E-state index is -1.02. The Kier molecular flexibility index (Phi) is 5.09. The van der Waals surface area contributed by atoms with Crippen LogP contribution in [0.2, 0.25) is 0 Å². The largest absolute Gasteiger partial charge is 0.481 e. The molecule has 3 heterocycles. The summed E-state index contributed by atoms with van der Waals surface area (Å²) in [6.07, 6.45) is 6.24. The van der Waals surface area contributed by atoms with Gasteiger partial charge in [-0.3, -0.25) is 19.1 Å². The van der Waals surface area contributed by atoms with E-state index in [1.807, 2.05) is 6.92 Å². The van der Waals surface area contributed by atoms with E-state index in [4.69, 9.17) is 4.74 Å². The molecule has 9 heteroatoms. The number of nitrogens with zero attached hydrogens (tertiary/aromatic N) is 2. The molecule has 0 radical (unpaired) electrons. The average molecular weight is 390 g/mol. The number of aliphatic carboxylic acids is 1. The summed E-state index contributed by atoms with van der Waals surface area (Å²) in [5.74, 6) is -3.36. The Labute approximate surface area is 162 Å². The number of ether oxygens (including phenoxy) is 1. The molecule has 4 rings (SSSR count). The SMILES string of the molecule is CCn1cc(NC(=O)[C@H]2[C@H](C(=O)O)[C@H]3CC[C@H]2O3)c(C(=O)NC2CCCC2)n1. The highest BCUT2D eigenvalue weighted by Crippen LogP contribution is 2.44. The zero-order valence-corrected chi connectivity index (χ0v) is 15.9. The van der Waals surface area contributed by atoms with E-state index in [2.05, 4.69) is 15.7 Å². The fourth-order valence-electron chi connectivity index (χ4n) is 4.71. The van der Waals surface area contributed by atoms with Crippen LogP contribution in [0.5, 0.6) is 0 Å². The minimum absolute atomic E-state index is 0.137. The molecular formula is C19H26N4O5. The van der Waals surface area contributed by atoms with E-state index in [0.717, 1.165) is 25.7 Å². The van der Waals surface area contributed by atoms with E-state index in [9.17, 15) is 19.5 Å². The van der Waals surface area contributed by atoms with Crippen molar-refractivity contribution in [2.75, 3.05) is 5.32 Å². The molecule has 0 spiro atoms. The van der Waals surface area contributed by atoms with Crippen LogP contribution in [0, 0.1) is 11.8 Å². The maximum atomic E-state index is 12.9. The molecule has 1 aliphatic carbocycles. The van der Waals surface area contributed by atoms with Crippen LogP contribution in [-0.2, 0) is 20.9 Å². The third kappa shape index (κ3) is 3.39. The van der Waals surface area contributed by atoms with Crippen molar-refractivity contribution >= 4 is 23.5 Å². The number of hydrogen-bond acceptors (Lipinski definition) is 5. The molecule has 9 nitrogen and oxygen atoms in total. The van der Waals surface area contributed by atoms with E-state index in [1.165, 1.54) is 0 Å². The molecule has 0 aromatic carbocycles. The van der Waals surface area contributed by atoms with Gasteiger partial charge in [0, 0.05) is 18.8 Å². The lowest BCUT2D eigenvalue weighted by molar-refractivity contribution is -0.147.